The van der Waals surface area contributed by atoms with Crippen LogP contribution in [-0.2, 0) is 4.79 Å². The van der Waals surface area contributed by atoms with Gasteiger partial charge in [-0.3, -0.25) is 9.59 Å². The fourth-order valence-corrected chi connectivity index (χ4v) is 1.38. The van der Waals surface area contributed by atoms with Crippen molar-refractivity contribution in [2.75, 3.05) is 18.9 Å². The number of hydrogen-bond acceptors (Lipinski definition) is 3. The number of amides is 2. The van der Waals surface area contributed by atoms with Crippen molar-refractivity contribution in [3.05, 3.63) is 29.3 Å². The van der Waals surface area contributed by atoms with E-state index in [9.17, 15) is 9.59 Å². The van der Waals surface area contributed by atoms with E-state index in [0.717, 1.165) is 5.56 Å². The molecule has 0 atom stereocenters. The number of likely N-dealkylation sites (N-methyl/N-ethyl adjacent to an activating group) is 1. The van der Waals surface area contributed by atoms with Crippen molar-refractivity contribution in [1.82, 2.24) is 5.32 Å². The Balaban J connectivity index is 2.81. The van der Waals surface area contributed by atoms with Crippen molar-refractivity contribution < 1.29 is 9.59 Å². The first-order chi connectivity index (χ1) is 7.54. The third kappa shape index (κ3) is 3.06. The van der Waals surface area contributed by atoms with Crippen molar-refractivity contribution in [2.45, 2.75) is 6.92 Å². The van der Waals surface area contributed by atoms with Crippen molar-refractivity contribution >= 4 is 17.5 Å². The number of anilines is 1. The van der Waals surface area contributed by atoms with Crippen LogP contribution in [0.1, 0.15) is 15.9 Å². The number of hydrogen-bond donors (Lipinski definition) is 3. The smallest absolute Gasteiger partial charge is 0.248 e. The van der Waals surface area contributed by atoms with Crippen LogP contribution in [0.2, 0.25) is 0 Å². The summed E-state index contributed by atoms with van der Waals surface area (Å²) in [5, 5.41) is 5.44. The fourth-order valence-electron chi connectivity index (χ4n) is 1.38. The zero-order valence-electron chi connectivity index (χ0n) is 9.33. The summed E-state index contributed by atoms with van der Waals surface area (Å²) in [5.41, 5.74) is 7.04. The second-order valence-corrected chi connectivity index (χ2v) is 3.47. The Morgan fingerprint density at radius 2 is 2.06 bits per heavy atom. The molecule has 16 heavy (non-hydrogen) atoms. The fraction of sp³-hybridized carbons (Fsp3) is 0.273. The highest BCUT2D eigenvalue weighted by atomic mass is 16.2. The molecule has 0 spiro atoms. The standard InChI is InChI=1S/C11H15N3O2/c1-7-5-8(14-10(15)6-13-2)3-4-9(7)11(12)16/h3-5,13H,6H2,1-2H3,(H2,12,16)(H,14,15). The summed E-state index contributed by atoms with van der Waals surface area (Å²) in [6.45, 7) is 2.02. The monoisotopic (exact) mass is 221 g/mol. The van der Waals surface area contributed by atoms with Gasteiger partial charge in [-0.2, -0.15) is 0 Å². The van der Waals surface area contributed by atoms with E-state index < -0.39 is 5.91 Å². The molecule has 0 fully saturated rings. The SMILES string of the molecule is CNCC(=O)Nc1ccc(C(N)=O)c(C)c1. The van der Waals surface area contributed by atoms with Gasteiger partial charge in [-0.05, 0) is 37.7 Å². The van der Waals surface area contributed by atoms with E-state index in [1.165, 1.54) is 0 Å². The van der Waals surface area contributed by atoms with Crippen LogP contribution in [0.25, 0.3) is 0 Å². The third-order valence-corrected chi connectivity index (χ3v) is 2.11. The van der Waals surface area contributed by atoms with Crippen LogP contribution in [0.4, 0.5) is 5.69 Å². The quantitative estimate of drug-likeness (QED) is 0.681. The summed E-state index contributed by atoms with van der Waals surface area (Å²) in [6.07, 6.45) is 0. The maximum Gasteiger partial charge on any atom is 0.248 e. The van der Waals surface area contributed by atoms with Crippen LogP contribution in [-0.4, -0.2) is 25.4 Å². The first-order valence-electron chi connectivity index (χ1n) is 4.89. The molecule has 0 aliphatic heterocycles. The number of benzene rings is 1. The largest absolute Gasteiger partial charge is 0.366 e. The number of carbonyl (C=O) groups excluding carboxylic acids is 2. The topological polar surface area (TPSA) is 84.2 Å². The highest BCUT2D eigenvalue weighted by Gasteiger charge is 2.06. The van der Waals surface area contributed by atoms with E-state index in [0.29, 0.717) is 11.3 Å². The zero-order chi connectivity index (χ0) is 12.1. The number of carbonyl (C=O) groups is 2. The summed E-state index contributed by atoms with van der Waals surface area (Å²) in [7, 11) is 1.70. The Bertz CT molecular complexity index is 416. The lowest BCUT2D eigenvalue weighted by molar-refractivity contribution is -0.115. The molecule has 0 radical (unpaired) electrons. The Hall–Kier alpha value is -1.88. The van der Waals surface area contributed by atoms with Gasteiger partial charge in [-0.1, -0.05) is 0 Å². The predicted octanol–water partition coefficient (Wildman–Crippen LogP) is 0.252. The van der Waals surface area contributed by atoms with E-state index in [4.69, 9.17) is 5.73 Å². The van der Waals surface area contributed by atoms with Gasteiger partial charge in [0, 0.05) is 11.3 Å². The number of primary amides is 1. The Kier molecular flexibility index (Phi) is 4.02. The minimum atomic E-state index is -0.467. The number of nitrogens with two attached hydrogens (primary N) is 1. The molecular weight excluding hydrogens is 206 g/mol. The van der Waals surface area contributed by atoms with Crippen LogP contribution in [0.3, 0.4) is 0 Å². The number of rotatable bonds is 4. The van der Waals surface area contributed by atoms with Gasteiger partial charge >= 0.3 is 0 Å². The zero-order valence-corrected chi connectivity index (χ0v) is 9.33. The molecule has 0 unspecified atom stereocenters. The van der Waals surface area contributed by atoms with Crippen molar-refractivity contribution in [2.24, 2.45) is 5.73 Å². The van der Waals surface area contributed by atoms with E-state index >= 15 is 0 Å². The number of nitrogens with one attached hydrogen (secondary N) is 2. The molecule has 0 bridgehead atoms. The summed E-state index contributed by atoms with van der Waals surface area (Å²) in [4.78, 5) is 22.3. The summed E-state index contributed by atoms with van der Waals surface area (Å²) < 4.78 is 0. The second-order valence-electron chi connectivity index (χ2n) is 3.47. The van der Waals surface area contributed by atoms with E-state index in [2.05, 4.69) is 10.6 Å². The van der Waals surface area contributed by atoms with Crippen LogP contribution in [0.15, 0.2) is 18.2 Å². The van der Waals surface area contributed by atoms with Gasteiger partial charge in [0.05, 0.1) is 6.54 Å². The predicted molar refractivity (Wildman–Crippen MR) is 62.3 cm³/mol. The maximum atomic E-state index is 11.3. The van der Waals surface area contributed by atoms with Gasteiger partial charge in [0.2, 0.25) is 11.8 Å². The molecule has 0 aromatic heterocycles. The van der Waals surface area contributed by atoms with Gasteiger partial charge < -0.3 is 16.4 Å². The van der Waals surface area contributed by atoms with Crippen LogP contribution in [0, 0.1) is 6.92 Å². The summed E-state index contributed by atoms with van der Waals surface area (Å²) in [5.74, 6) is -0.598. The molecule has 5 heteroatoms. The Morgan fingerprint density at radius 1 is 1.38 bits per heavy atom. The lowest BCUT2D eigenvalue weighted by atomic mass is 10.1. The molecule has 1 aromatic carbocycles. The molecule has 4 N–H and O–H groups in total. The lowest BCUT2D eigenvalue weighted by Crippen LogP contribution is -2.25. The molecule has 0 saturated carbocycles. The number of aryl methyl sites for hydroxylation is 1. The molecule has 2 amide bonds. The first-order valence-corrected chi connectivity index (χ1v) is 4.89. The Morgan fingerprint density at radius 3 is 2.56 bits per heavy atom. The second kappa shape index (κ2) is 5.27. The van der Waals surface area contributed by atoms with E-state index in [1.54, 1.807) is 32.2 Å². The molecule has 0 aliphatic carbocycles. The third-order valence-electron chi connectivity index (χ3n) is 2.11. The molecule has 0 heterocycles. The average Bonchev–Trinajstić information content (AvgIpc) is 2.17. The van der Waals surface area contributed by atoms with Gasteiger partial charge in [-0.25, -0.2) is 0 Å². The maximum absolute atomic E-state index is 11.3. The molecule has 5 nitrogen and oxygen atoms in total. The first kappa shape index (κ1) is 12.2. The normalized spacial score (nSPS) is 9.88. The molecule has 1 aromatic rings. The van der Waals surface area contributed by atoms with Crippen LogP contribution >= 0.6 is 0 Å². The highest BCUT2D eigenvalue weighted by Crippen LogP contribution is 2.14. The summed E-state index contributed by atoms with van der Waals surface area (Å²) in [6, 6.07) is 4.97. The Labute approximate surface area is 94.0 Å². The van der Waals surface area contributed by atoms with Crippen molar-refractivity contribution in [3.8, 4) is 0 Å². The molecule has 0 aliphatic rings. The van der Waals surface area contributed by atoms with E-state index in [-0.39, 0.29) is 12.5 Å². The van der Waals surface area contributed by atoms with Gasteiger partial charge in [0.1, 0.15) is 0 Å². The average molecular weight is 221 g/mol. The van der Waals surface area contributed by atoms with Crippen LogP contribution in [0.5, 0.6) is 0 Å². The van der Waals surface area contributed by atoms with Crippen molar-refractivity contribution in [1.29, 1.82) is 0 Å². The van der Waals surface area contributed by atoms with E-state index in [1.807, 2.05) is 0 Å². The van der Waals surface area contributed by atoms with Crippen molar-refractivity contribution in [3.63, 3.8) is 0 Å². The molecule has 86 valence electrons. The van der Waals surface area contributed by atoms with Gasteiger partial charge in [-0.15, -0.1) is 0 Å². The van der Waals surface area contributed by atoms with Gasteiger partial charge in [0.25, 0.3) is 0 Å². The summed E-state index contributed by atoms with van der Waals surface area (Å²) >= 11 is 0. The lowest BCUT2D eigenvalue weighted by Gasteiger charge is -2.07. The molecule has 0 saturated heterocycles. The highest BCUT2D eigenvalue weighted by molar-refractivity contribution is 5.96. The molecular formula is C11H15N3O2. The minimum Gasteiger partial charge on any atom is -0.366 e. The van der Waals surface area contributed by atoms with Crippen LogP contribution < -0.4 is 16.4 Å². The minimum absolute atomic E-state index is 0.131. The van der Waals surface area contributed by atoms with Gasteiger partial charge in [0.15, 0.2) is 0 Å². The molecule has 1 rings (SSSR count).